The average molecular weight is 284 g/mol. The van der Waals surface area contributed by atoms with Gasteiger partial charge in [0.2, 0.25) is 0 Å². The summed E-state index contributed by atoms with van der Waals surface area (Å²) in [6, 6.07) is 0. The summed E-state index contributed by atoms with van der Waals surface area (Å²) in [5, 5.41) is 10.4. The lowest BCUT2D eigenvalue weighted by molar-refractivity contribution is -0.0768. The van der Waals surface area contributed by atoms with Crippen LogP contribution in [0.2, 0.25) is 0 Å². The Morgan fingerprint density at radius 1 is 0.800 bits per heavy atom. The second-order valence-electron chi connectivity index (χ2n) is 6.48. The van der Waals surface area contributed by atoms with Gasteiger partial charge in [-0.25, -0.2) is 0 Å². The summed E-state index contributed by atoms with van der Waals surface area (Å²) in [7, 11) is 0. The van der Waals surface area contributed by atoms with E-state index >= 15 is 0 Å². The molecule has 3 unspecified atom stereocenters. The lowest BCUT2D eigenvalue weighted by Gasteiger charge is -2.25. The Morgan fingerprint density at radius 2 is 1.45 bits per heavy atom. The fourth-order valence-electron chi connectivity index (χ4n) is 3.34. The van der Waals surface area contributed by atoms with E-state index in [1.54, 1.807) is 0 Å². The van der Waals surface area contributed by atoms with Gasteiger partial charge < -0.3 is 14.6 Å². The summed E-state index contributed by atoms with van der Waals surface area (Å²) in [6.45, 7) is 1.54. The molecule has 1 aliphatic carbocycles. The van der Waals surface area contributed by atoms with Crippen molar-refractivity contribution in [3.8, 4) is 0 Å². The Kier molecular flexibility index (Phi) is 7.92. The topological polar surface area (TPSA) is 38.7 Å². The van der Waals surface area contributed by atoms with Crippen LogP contribution in [0.25, 0.3) is 0 Å². The van der Waals surface area contributed by atoms with Crippen molar-refractivity contribution in [3.05, 3.63) is 0 Å². The molecule has 0 aromatic rings. The van der Waals surface area contributed by atoms with Crippen molar-refractivity contribution in [2.24, 2.45) is 0 Å². The van der Waals surface area contributed by atoms with Crippen molar-refractivity contribution < 1.29 is 14.6 Å². The SMILES string of the molecule is OC1CCCCCCCCCCC1OCC1CCCO1. The van der Waals surface area contributed by atoms with Crippen LogP contribution in [0, 0.1) is 0 Å². The third-order valence-corrected chi connectivity index (χ3v) is 4.69. The molecule has 1 saturated heterocycles. The van der Waals surface area contributed by atoms with Crippen LogP contribution in [0.3, 0.4) is 0 Å². The first-order valence-corrected chi connectivity index (χ1v) is 8.77. The zero-order valence-electron chi connectivity index (χ0n) is 12.9. The van der Waals surface area contributed by atoms with Gasteiger partial charge in [-0.3, -0.25) is 0 Å². The van der Waals surface area contributed by atoms with Gasteiger partial charge in [0.05, 0.1) is 24.9 Å². The van der Waals surface area contributed by atoms with Crippen molar-refractivity contribution in [2.45, 2.75) is 95.4 Å². The first kappa shape index (κ1) is 16.3. The molecule has 2 fully saturated rings. The van der Waals surface area contributed by atoms with Crippen LogP contribution in [-0.4, -0.2) is 36.6 Å². The Hall–Kier alpha value is -0.120. The summed E-state index contributed by atoms with van der Waals surface area (Å²) >= 11 is 0. The first-order chi connectivity index (χ1) is 9.86. The molecule has 0 radical (unpaired) electrons. The van der Waals surface area contributed by atoms with Gasteiger partial charge in [0, 0.05) is 6.61 Å². The minimum Gasteiger partial charge on any atom is -0.390 e. The molecule has 0 aromatic carbocycles. The average Bonchev–Trinajstić information content (AvgIpc) is 2.95. The number of aliphatic hydroxyl groups excluding tert-OH is 1. The van der Waals surface area contributed by atoms with E-state index in [4.69, 9.17) is 9.47 Å². The number of rotatable bonds is 3. The number of ether oxygens (including phenoxy) is 2. The van der Waals surface area contributed by atoms with E-state index in [9.17, 15) is 5.11 Å². The van der Waals surface area contributed by atoms with Gasteiger partial charge >= 0.3 is 0 Å². The maximum absolute atomic E-state index is 10.4. The third-order valence-electron chi connectivity index (χ3n) is 4.69. The van der Waals surface area contributed by atoms with E-state index in [0.717, 1.165) is 38.7 Å². The van der Waals surface area contributed by atoms with E-state index in [-0.39, 0.29) is 18.3 Å². The van der Waals surface area contributed by atoms with Crippen molar-refractivity contribution >= 4 is 0 Å². The highest BCUT2D eigenvalue weighted by Gasteiger charge is 2.23. The fourth-order valence-corrected chi connectivity index (χ4v) is 3.34. The molecule has 3 atom stereocenters. The van der Waals surface area contributed by atoms with Gasteiger partial charge in [-0.1, -0.05) is 51.4 Å². The highest BCUT2D eigenvalue weighted by molar-refractivity contribution is 4.72. The van der Waals surface area contributed by atoms with E-state index < -0.39 is 0 Å². The molecule has 0 bridgehead atoms. The molecule has 0 spiro atoms. The minimum atomic E-state index is -0.282. The minimum absolute atomic E-state index is 0.0265. The smallest absolute Gasteiger partial charge is 0.0835 e. The molecule has 1 saturated carbocycles. The van der Waals surface area contributed by atoms with Crippen molar-refractivity contribution in [2.75, 3.05) is 13.2 Å². The maximum Gasteiger partial charge on any atom is 0.0835 e. The molecule has 2 aliphatic rings. The molecular weight excluding hydrogens is 252 g/mol. The van der Waals surface area contributed by atoms with Crippen LogP contribution >= 0.6 is 0 Å². The standard InChI is InChI=1S/C17H32O3/c18-16-11-7-5-3-1-2-4-6-8-12-17(16)20-14-15-10-9-13-19-15/h15-18H,1-14H2. The quantitative estimate of drug-likeness (QED) is 0.856. The monoisotopic (exact) mass is 284 g/mol. The van der Waals surface area contributed by atoms with Gasteiger partial charge in [-0.2, -0.15) is 0 Å². The Labute approximate surface area is 124 Å². The third kappa shape index (κ3) is 6.11. The van der Waals surface area contributed by atoms with Crippen LogP contribution in [0.1, 0.15) is 77.0 Å². The molecule has 0 amide bonds. The van der Waals surface area contributed by atoms with Crippen molar-refractivity contribution in [3.63, 3.8) is 0 Å². The van der Waals surface area contributed by atoms with Gasteiger partial charge in [0.15, 0.2) is 0 Å². The summed E-state index contributed by atoms with van der Waals surface area (Å²) in [5.41, 5.74) is 0. The van der Waals surface area contributed by atoms with Gasteiger partial charge in [-0.15, -0.1) is 0 Å². The molecule has 1 aliphatic heterocycles. The molecule has 3 heteroatoms. The van der Waals surface area contributed by atoms with Crippen LogP contribution < -0.4 is 0 Å². The lowest BCUT2D eigenvalue weighted by Crippen LogP contribution is -2.32. The summed E-state index contributed by atoms with van der Waals surface area (Å²) in [6.07, 6.45) is 14.5. The van der Waals surface area contributed by atoms with E-state index in [2.05, 4.69) is 0 Å². The van der Waals surface area contributed by atoms with Gasteiger partial charge in [0.25, 0.3) is 0 Å². The molecule has 3 nitrogen and oxygen atoms in total. The normalized spacial score (nSPS) is 34.4. The predicted octanol–water partition coefficient (Wildman–Crippen LogP) is 3.83. The zero-order chi connectivity index (χ0) is 14.0. The molecule has 20 heavy (non-hydrogen) atoms. The number of hydrogen-bond donors (Lipinski definition) is 1. The summed E-state index contributed by atoms with van der Waals surface area (Å²) < 4.78 is 11.6. The Balaban J connectivity index is 1.74. The second kappa shape index (κ2) is 9.75. The highest BCUT2D eigenvalue weighted by atomic mass is 16.5. The summed E-state index contributed by atoms with van der Waals surface area (Å²) in [4.78, 5) is 0. The predicted molar refractivity (Wildman–Crippen MR) is 80.9 cm³/mol. The Bertz CT molecular complexity index is 238. The fraction of sp³-hybridized carbons (Fsp3) is 1.00. The van der Waals surface area contributed by atoms with E-state index in [0.29, 0.717) is 6.61 Å². The Morgan fingerprint density at radius 3 is 2.10 bits per heavy atom. The highest BCUT2D eigenvalue weighted by Crippen LogP contribution is 2.21. The van der Waals surface area contributed by atoms with Gasteiger partial charge in [0.1, 0.15) is 0 Å². The van der Waals surface area contributed by atoms with Crippen LogP contribution in [0.15, 0.2) is 0 Å². The summed E-state index contributed by atoms with van der Waals surface area (Å²) in [5.74, 6) is 0. The van der Waals surface area contributed by atoms with Crippen molar-refractivity contribution in [1.82, 2.24) is 0 Å². The van der Waals surface area contributed by atoms with Crippen LogP contribution in [-0.2, 0) is 9.47 Å². The molecule has 118 valence electrons. The number of aliphatic hydroxyl groups is 1. The second-order valence-corrected chi connectivity index (χ2v) is 6.48. The number of hydrogen-bond acceptors (Lipinski definition) is 3. The molecule has 1 heterocycles. The molecule has 1 N–H and O–H groups in total. The zero-order valence-corrected chi connectivity index (χ0v) is 12.9. The van der Waals surface area contributed by atoms with Crippen LogP contribution in [0.4, 0.5) is 0 Å². The molecular formula is C17H32O3. The largest absolute Gasteiger partial charge is 0.390 e. The van der Waals surface area contributed by atoms with Crippen molar-refractivity contribution in [1.29, 1.82) is 0 Å². The van der Waals surface area contributed by atoms with E-state index in [1.165, 1.54) is 44.9 Å². The van der Waals surface area contributed by atoms with Crippen LogP contribution in [0.5, 0.6) is 0 Å². The molecule has 2 rings (SSSR count). The maximum atomic E-state index is 10.4. The first-order valence-electron chi connectivity index (χ1n) is 8.77. The van der Waals surface area contributed by atoms with E-state index in [1.807, 2.05) is 0 Å². The lowest BCUT2D eigenvalue weighted by atomic mass is 9.97. The molecule has 0 aromatic heterocycles. The van der Waals surface area contributed by atoms with Gasteiger partial charge in [-0.05, 0) is 25.7 Å².